The highest BCUT2D eigenvalue weighted by Gasteiger charge is 2.42. The molecule has 424 valence electrons. The normalized spacial score (nSPS) is 12.0. The lowest BCUT2D eigenvalue weighted by atomic mass is 10.1. The van der Waals surface area contributed by atoms with E-state index in [1.165, 1.54) is 6.33 Å². The Bertz CT molecular complexity index is 4200. The summed E-state index contributed by atoms with van der Waals surface area (Å²) in [5.74, 6) is -0.237. The van der Waals surface area contributed by atoms with Crippen LogP contribution >= 0.6 is 42.4 Å². The molecule has 83 heavy (non-hydrogen) atoms. The summed E-state index contributed by atoms with van der Waals surface area (Å²) in [6.45, 7) is 8.37. The Kier molecular flexibility index (Phi) is 16.7. The molecule has 3 aliphatic rings. The molecule has 0 amide bonds. The van der Waals surface area contributed by atoms with Crippen LogP contribution in [0.1, 0.15) is 106 Å². The molecule has 31 heteroatoms. The van der Waals surface area contributed by atoms with Gasteiger partial charge in [0, 0.05) is 55.5 Å². The third-order valence-corrected chi connectivity index (χ3v) is 15.0. The number of nitrogens with zero attached hydrogens (tertiary/aromatic N) is 17. The molecule has 3 aromatic carbocycles. The monoisotopic (exact) mass is 1200 g/mol. The summed E-state index contributed by atoms with van der Waals surface area (Å²) >= 11 is 18.4. The number of halogens is 3. The van der Waals surface area contributed by atoms with Gasteiger partial charge in [0.05, 0.1) is 87.3 Å². The minimum absolute atomic E-state index is 0.0329. The predicted octanol–water partition coefficient (Wildman–Crippen LogP) is 7.53. The van der Waals surface area contributed by atoms with Gasteiger partial charge in [-0.3, -0.25) is 18.5 Å². The van der Waals surface area contributed by atoms with Crippen LogP contribution in [0.4, 0.5) is 0 Å². The molecular formula is C52H45Cl3N17O10P. The Morgan fingerprint density at radius 2 is 1.17 bits per heavy atom. The summed E-state index contributed by atoms with van der Waals surface area (Å²) in [5.41, 5.74) is 16.9. The number of rotatable bonds is 8. The zero-order chi connectivity index (χ0) is 59.7. The number of Topliss-reactive ketones (excluding diaryl/α,β-unsaturated/α-hetero) is 1. The van der Waals surface area contributed by atoms with Crippen LogP contribution in [0, 0.1) is 12.3 Å². The van der Waals surface area contributed by atoms with E-state index in [0.29, 0.717) is 62.1 Å². The second-order valence-corrected chi connectivity index (χ2v) is 22.2. The summed E-state index contributed by atoms with van der Waals surface area (Å²) in [6.07, 6.45) is 14.8. The van der Waals surface area contributed by atoms with E-state index in [1.807, 2.05) is 28.8 Å². The van der Waals surface area contributed by atoms with Crippen molar-refractivity contribution in [2.75, 3.05) is 20.8 Å². The van der Waals surface area contributed by atoms with Gasteiger partial charge < -0.3 is 29.2 Å². The number of hydrogen-bond donors (Lipinski definition) is 1. The number of imidazole rings is 3. The number of carbonyl (C=O) groups is 4. The average molecular weight is 1210 g/mol. The Hall–Kier alpha value is -9.25. The van der Waals surface area contributed by atoms with Crippen molar-refractivity contribution in [2.24, 2.45) is 0 Å². The molecule has 0 saturated carbocycles. The summed E-state index contributed by atoms with van der Waals surface area (Å²) in [7, 11) is -1.51. The minimum Gasteiger partial charge on any atom is -0.476 e. The maximum absolute atomic E-state index is 12.8. The summed E-state index contributed by atoms with van der Waals surface area (Å²) in [5, 5.41) is 35.2. The van der Waals surface area contributed by atoms with Gasteiger partial charge in [0.15, 0.2) is 17.1 Å². The van der Waals surface area contributed by atoms with E-state index in [4.69, 9.17) is 56.2 Å². The molecule has 0 spiro atoms. The molecule has 6 aromatic heterocycles. The molecule has 0 saturated heterocycles. The zero-order valence-corrected chi connectivity index (χ0v) is 48.0. The lowest BCUT2D eigenvalue weighted by molar-refractivity contribution is -0.114. The molecule has 1 N–H and O–H groups in total. The molecule has 0 bridgehead atoms. The smallest absolute Gasteiger partial charge is 0.446 e. The van der Waals surface area contributed by atoms with Crippen LogP contribution < -0.4 is 0 Å². The predicted molar refractivity (Wildman–Crippen MR) is 296 cm³/mol. The molecule has 0 unspecified atom stereocenters. The Balaban J connectivity index is 0.000000139. The molecule has 27 nitrogen and oxygen atoms in total. The third kappa shape index (κ3) is 11.5. The van der Waals surface area contributed by atoms with Gasteiger partial charge in [-0.2, -0.15) is 4.79 Å². The Morgan fingerprint density at radius 1 is 0.687 bits per heavy atom. The van der Waals surface area contributed by atoms with Gasteiger partial charge in [0.1, 0.15) is 30.3 Å². The van der Waals surface area contributed by atoms with Crippen LogP contribution in [-0.4, -0.2) is 139 Å². The van der Waals surface area contributed by atoms with Crippen LogP contribution in [0.2, 0.25) is 15.1 Å². The second-order valence-electron chi connectivity index (χ2n) is 18.7. The maximum atomic E-state index is 12.8. The van der Waals surface area contributed by atoms with E-state index < -0.39 is 42.3 Å². The highest BCUT2D eigenvalue weighted by Crippen LogP contribution is 2.47. The number of aromatic nitrogens is 15. The number of carbonyl (C=O) groups excluding carboxylic acids is 3. The fourth-order valence-electron chi connectivity index (χ4n) is 8.90. The van der Waals surface area contributed by atoms with Crippen LogP contribution in [0.3, 0.4) is 0 Å². The van der Waals surface area contributed by atoms with Crippen LogP contribution in [-0.2, 0) is 47.1 Å². The SMILES string of the molecule is C#Cc1ncn2c1Cc1cnnn1-c1cc(Cl)ccc1-2.CCOC(=O)c1nnn2c1Cc1c(C(=O)OC(C)(C)C)ncn1-c1ccc(Cl)cc1-2.COP(=O)(OC)C(=[N+]=[N-])C(C)=O.O=C(O)c1ncn2c1Cc1cnnn1-c1cc(Cl)ccc1-2. The van der Waals surface area contributed by atoms with Gasteiger partial charge in [0.2, 0.25) is 5.78 Å². The lowest BCUT2D eigenvalue weighted by Crippen LogP contribution is -2.25. The first-order valence-corrected chi connectivity index (χ1v) is 27.2. The molecule has 12 rings (SSSR count). The van der Waals surface area contributed by atoms with Gasteiger partial charge in [-0.25, -0.2) is 47.9 Å². The van der Waals surface area contributed by atoms with Crippen molar-refractivity contribution >= 4 is 71.5 Å². The lowest BCUT2D eigenvalue weighted by Gasteiger charge is -2.19. The van der Waals surface area contributed by atoms with E-state index >= 15 is 0 Å². The van der Waals surface area contributed by atoms with Crippen LogP contribution in [0.15, 0.2) is 86.0 Å². The number of carboxylic acids is 1. The van der Waals surface area contributed by atoms with Crippen molar-refractivity contribution in [2.45, 2.75) is 59.5 Å². The van der Waals surface area contributed by atoms with E-state index in [2.05, 4.69) is 65.6 Å². The average Bonchev–Trinajstić information content (AvgIpc) is 4.53. The molecular weight excluding hydrogens is 1160 g/mol. The molecule has 0 fully saturated rings. The summed E-state index contributed by atoms with van der Waals surface area (Å²) in [4.78, 5) is 62.4. The van der Waals surface area contributed by atoms with Crippen LogP contribution in [0.25, 0.3) is 39.7 Å². The number of benzene rings is 3. The first kappa shape index (κ1) is 58.4. The molecule has 9 heterocycles. The van der Waals surface area contributed by atoms with E-state index in [0.717, 1.165) is 61.0 Å². The number of fused-ring (bicyclic) bond motifs is 15. The fraction of sp³-hybridized carbons (Fsp3) is 0.231. The fourth-order valence-corrected chi connectivity index (χ4v) is 10.4. The quantitative estimate of drug-likeness (QED) is 0.0383. The zero-order valence-electron chi connectivity index (χ0n) is 44.8. The summed E-state index contributed by atoms with van der Waals surface area (Å²) in [6, 6.07) is 16.2. The topological polar surface area (TPSA) is 324 Å². The number of ether oxygens (including phenoxy) is 2. The number of carboxylic acid groups (broad SMARTS) is 1. The number of terminal acetylenes is 1. The van der Waals surface area contributed by atoms with Crippen LogP contribution in [0.5, 0.6) is 0 Å². The van der Waals surface area contributed by atoms with Gasteiger partial charge in [-0.1, -0.05) is 50.4 Å². The van der Waals surface area contributed by atoms with Gasteiger partial charge in [0.25, 0.3) is 0 Å². The van der Waals surface area contributed by atoms with Crippen molar-refractivity contribution in [3.8, 4) is 46.5 Å². The third-order valence-electron chi connectivity index (χ3n) is 12.5. The number of esters is 2. The highest BCUT2D eigenvalue weighted by atomic mass is 35.5. The van der Waals surface area contributed by atoms with Gasteiger partial charge >= 0.3 is 31.0 Å². The molecule has 3 aliphatic heterocycles. The second kappa shape index (κ2) is 23.7. The molecule has 9 aromatic rings. The van der Waals surface area contributed by atoms with Crippen molar-refractivity contribution in [3.05, 3.63) is 164 Å². The summed E-state index contributed by atoms with van der Waals surface area (Å²) < 4.78 is 41.4. The van der Waals surface area contributed by atoms with Crippen molar-refractivity contribution < 1.29 is 52.2 Å². The minimum atomic E-state index is -3.70. The molecule has 0 aliphatic carbocycles. The Morgan fingerprint density at radius 3 is 1.63 bits per heavy atom. The standard InChI is InChI=1S/C20H20ClN5O4.C14H8ClN5.C13H8ClN5O2.C5H9N2O4P/c1-5-29-18(27)17-15-9-14-16(19(28)30-20(2,3)4)22-10-25(14)12-7-6-11(21)8-13(12)26(15)24-23-17;1-2-11-13-6-10-7-17-18-20(10)14-5-9(15)3-4-12(14)19(13)8-16-11;14-7-1-2-9-10(3-7)19-8(5-16-17-19)4-11-12(13(20)21)15-6-18(9)11;1-4(8)5(7-6)12(9,10-2)11-3/h6-8,10H,5,9H2,1-4H3;1,3-5,7-8H,6H2;1-3,5-6H,4H2,(H,20,21);1-3H3. The first-order valence-electron chi connectivity index (χ1n) is 24.5. The largest absolute Gasteiger partial charge is 0.476 e. The van der Waals surface area contributed by atoms with Crippen molar-refractivity contribution in [1.82, 2.24) is 73.6 Å². The Labute approximate surface area is 485 Å². The molecule has 0 radical (unpaired) electrons. The number of ketones is 1. The van der Waals surface area contributed by atoms with Crippen molar-refractivity contribution in [1.29, 1.82) is 0 Å². The van der Waals surface area contributed by atoms with E-state index in [-0.39, 0.29) is 30.1 Å². The van der Waals surface area contributed by atoms with Crippen molar-refractivity contribution in [3.63, 3.8) is 0 Å². The highest BCUT2D eigenvalue weighted by molar-refractivity contribution is 7.74. The number of hydrogen-bond acceptors (Lipinski definition) is 18. The number of aromatic carboxylic acids is 1. The molecule has 0 atom stereocenters. The van der Waals surface area contributed by atoms with Gasteiger partial charge in [-0.15, -0.1) is 21.7 Å². The maximum Gasteiger partial charge on any atom is 0.446 e. The van der Waals surface area contributed by atoms with Gasteiger partial charge in [-0.05, 0) is 88.2 Å². The first-order chi connectivity index (χ1) is 39.6. The van der Waals surface area contributed by atoms with E-state index in [1.54, 1.807) is 106 Å². The van der Waals surface area contributed by atoms with E-state index in [9.17, 15) is 28.8 Å².